The quantitative estimate of drug-likeness (QED) is 0.469. The number of anilines is 1. The van der Waals surface area contributed by atoms with Gasteiger partial charge in [0.2, 0.25) is 5.95 Å². The van der Waals surface area contributed by atoms with Gasteiger partial charge in [-0.15, -0.1) is 5.92 Å². The van der Waals surface area contributed by atoms with Crippen LogP contribution in [0, 0.1) is 11.8 Å². The number of nitrogens with one attached hydrogen (secondary N) is 1. The van der Waals surface area contributed by atoms with E-state index in [4.69, 9.17) is 19.2 Å². The largest absolute Gasteiger partial charge is 0.486 e. The molecule has 2 aromatic heterocycles. The molecule has 218 valence electrons. The summed E-state index contributed by atoms with van der Waals surface area (Å²) >= 11 is 0. The van der Waals surface area contributed by atoms with Crippen molar-refractivity contribution in [2.45, 2.75) is 65.3 Å². The molecule has 1 saturated heterocycles. The Bertz CT molecular complexity index is 1650. The first-order valence-corrected chi connectivity index (χ1v) is 13.8. The van der Waals surface area contributed by atoms with Crippen molar-refractivity contribution in [3.63, 3.8) is 0 Å². The zero-order valence-corrected chi connectivity index (χ0v) is 24.2. The summed E-state index contributed by atoms with van der Waals surface area (Å²) in [5.74, 6) is 7.69. The van der Waals surface area contributed by atoms with Gasteiger partial charge in [0.15, 0.2) is 22.7 Å². The van der Waals surface area contributed by atoms with Crippen molar-refractivity contribution in [2.24, 2.45) is 7.05 Å². The maximum Gasteiger partial charge on any atom is 0.407 e. The van der Waals surface area contributed by atoms with E-state index < -0.39 is 22.9 Å². The lowest BCUT2D eigenvalue weighted by Gasteiger charge is -2.34. The zero-order chi connectivity index (χ0) is 29.3. The maximum absolute atomic E-state index is 13.9. The molecule has 3 aromatic rings. The van der Waals surface area contributed by atoms with E-state index in [1.54, 1.807) is 30.7 Å². The summed E-state index contributed by atoms with van der Waals surface area (Å²) in [7, 11) is 1.61. The maximum atomic E-state index is 13.9. The average Bonchev–Trinajstić information content (AvgIpc) is 3.32. The van der Waals surface area contributed by atoms with Gasteiger partial charge in [-0.1, -0.05) is 12.0 Å². The number of aromatic nitrogens is 4. The van der Waals surface area contributed by atoms with Gasteiger partial charge < -0.3 is 24.4 Å². The number of benzene rings is 1. The SMILES string of the molecule is CC#CCn1c(N2CCCC(NC(=O)OC(C)(C)C)C2)nc2c1c(=O)n(Cc1ccc3c(c1)OCCO3)c(=O)n2C. The summed E-state index contributed by atoms with van der Waals surface area (Å²) < 4.78 is 21.1. The van der Waals surface area contributed by atoms with Crippen LogP contribution >= 0.6 is 0 Å². The molecule has 1 atom stereocenters. The lowest BCUT2D eigenvalue weighted by molar-refractivity contribution is 0.0499. The minimum Gasteiger partial charge on any atom is -0.486 e. The second-order valence-corrected chi connectivity index (χ2v) is 11.2. The highest BCUT2D eigenvalue weighted by molar-refractivity contribution is 5.75. The molecule has 0 spiro atoms. The standard InChI is InChI=1S/C29H36N6O6/c1-6-7-13-34-23-24(31-26(34)33-12-8-9-20(18-33)30-27(37)41-29(2,3)4)32(5)28(38)35(25(23)36)17-19-10-11-21-22(16-19)40-15-14-39-21/h10-11,16,20H,8-9,12-15,17-18H2,1-5H3,(H,30,37). The van der Waals surface area contributed by atoms with E-state index in [1.807, 2.05) is 31.7 Å². The molecule has 5 rings (SSSR count). The lowest BCUT2D eigenvalue weighted by atomic mass is 10.1. The molecule has 1 unspecified atom stereocenters. The Morgan fingerprint density at radius 3 is 2.66 bits per heavy atom. The fourth-order valence-corrected chi connectivity index (χ4v) is 5.17. The Kier molecular flexibility index (Phi) is 7.71. The van der Waals surface area contributed by atoms with Gasteiger partial charge in [-0.05, 0) is 58.2 Å². The predicted molar refractivity (Wildman–Crippen MR) is 154 cm³/mol. The fraction of sp³-hybridized carbons (Fsp3) is 0.517. The Balaban J connectivity index is 1.52. The van der Waals surface area contributed by atoms with Crippen molar-refractivity contribution in [2.75, 3.05) is 31.2 Å². The first-order chi connectivity index (χ1) is 19.6. The van der Waals surface area contributed by atoms with Crippen LogP contribution in [0.1, 0.15) is 46.1 Å². The molecule has 1 aromatic carbocycles. The topological polar surface area (TPSA) is 122 Å². The molecule has 1 amide bonds. The Morgan fingerprint density at radius 2 is 1.93 bits per heavy atom. The number of ether oxygens (including phenoxy) is 3. The normalized spacial score (nSPS) is 16.7. The van der Waals surface area contributed by atoms with E-state index in [2.05, 4.69) is 17.2 Å². The van der Waals surface area contributed by atoms with Crippen LogP contribution in [0.2, 0.25) is 0 Å². The average molecular weight is 565 g/mol. The van der Waals surface area contributed by atoms with Gasteiger partial charge in [0, 0.05) is 26.2 Å². The van der Waals surface area contributed by atoms with Crippen LogP contribution in [-0.2, 0) is 24.9 Å². The second-order valence-electron chi connectivity index (χ2n) is 11.2. The van der Waals surface area contributed by atoms with Crippen molar-refractivity contribution in [3.8, 4) is 23.3 Å². The number of carbonyl (C=O) groups is 1. The van der Waals surface area contributed by atoms with E-state index in [9.17, 15) is 14.4 Å². The number of hydrogen-bond acceptors (Lipinski definition) is 8. The molecule has 0 saturated carbocycles. The van der Waals surface area contributed by atoms with E-state index in [0.717, 1.165) is 18.4 Å². The van der Waals surface area contributed by atoms with Crippen LogP contribution in [0.25, 0.3) is 11.2 Å². The van der Waals surface area contributed by atoms with E-state index in [0.29, 0.717) is 49.3 Å². The fourth-order valence-electron chi connectivity index (χ4n) is 5.17. The minimum absolute atomic E-state index is 0.0592. The van der Waals surface area contributed by atoms with Crippen molar-refractivity contribution >= 4 is 23.2 Å². The summed E-state index contributed by atoms with van der Waals surface area (Å²) in [5.41, 5.74) is -0.207. The number of alkyl carbamates (subject to hydrolysis) is 1. The van der Waals surface area contributed by atoms with Crippen LogP contribution < -0.4 is 30.9 Å². The van der Waals surface area contributed by atoms with Gasteiger partial charge in [-0.2, -0.15) is 4.98 Å². The van der Waals surface area contributed by atoms with Crippen LogP contribution in [-0.4, -0.2) is 62.7 Å². The molecule has 0 radical (unpaired) electrons. The number of nitrogens with zero attached hydrogens (tertiary/aromatic N) is 5. The number of amides is 1. The van der Waals surface area contributed by atoms with Gasteiger partial charge in [0.1, 0.15) is 18.8 Å². The molecule has 2 aliphatic rings. The third kappa shape index (κ3) is 5.89. The highest BCUT2D eigenvalue weighted by Crippen LogP contribution is 2.31. The van der Waals surface area contributed by atoms with Crippen molar-refractivity contribution in [3.05, 3.63) is 44.6 Å². The second kappa shape index (κ2) is 11.2. The lowest BCUT2D eigenvalue weighted by Crippen LogP contribution is -2.49. The summed E-state index contributed by atoms with van der Waals surface area (Å²) in [6.45, 7) is 9.54. The molecule has 2 aliphatic heterocycles. The first-order valence-electron chi connectivity index (χ1n) is 13.8. The molecule has 12 heteroatoms. The van der Waals surface area contributed by atoms with Gasteiger partial charge in [0.05, 0.1) is 13.1 Å². The number of aryl methyl sites for hydroxylation is 1. The van der Waals surface area contributed by atoms with E-state index in [-0.39, 0.29) is 24.8 Å². The molecule has 41 heavy (non-hydrogen) atoms. The predicted octanol–water partition coefficient (Wildman–Crippen LogP) is 2.23. The molecular weight excluding hydrogens is 528 g/mol. The number of imidazole rings is 1. The van der Waals surface area contributed by atoms with Crippen LogP contribution in [0.5, 0.6) is 11.5 Å². The summed E-state index contributed by atoms with van der Waals surface area (Å²) in [5, 5.41) is 2.95. The highest BCUT2D eigenvalue weighted by Gasteiger charge is 2.29. The summed E-state index contributed by atoms with van der Waals surface area (Å²) in [4.78, 5) is 46.6. The molecule has 0 aliphatic carbocycles. The highest BCUT2D eigenvalue weighted by atomic mass is 16.6. The van der Waals surface area contributed by atoms with Crippen LogP contribution in [0.4, 0.5) is 10.7 Å². The number of rotatable bonds is 5. The number of fused-ring (bicyclic) bond motifs is 2. The first kappa shape index (κ1) is 28.1. The summed E-state index contributed by atoms with van der Waals surface area (Å²) in [6.07, 6.45) is 1.11. The molecule has 12 nitrogen and oxygen atoms in total. The number of hydrogen-bond donors (Lipinski definition) is 1. The third-order valence-electron chi connectivity index (χ3n) is 7.00. The van der Waals surface area contributed by atoms with Crippen LogP contribution in [0.15, 0.2) is 27.8 Å². The van der Waals surface area contributed by atoms with Gasteiger partial charge in [-0.25, -0.2) is 9.59 Å². The molecule has 1 N–H and O–H groups in total. The van der Waals surface area contributed by atoms with Crippen molar-refractivity contribution in [1.82, 2.24) is 24.0 Å². The third-order valence-corrected chi connectivity index (χ3v) is 7.00. The Labute approximate surface area is 237 Å². The minimum atomic E-state index is -0.601. The van der Waals surface area contributed by atoms with Gasteiger partial charge in [0.25, 0.3) is 5.56 Å². The van der Waals surface area contributed by atoms with Crippen molar-refractivity contribution in [1.29, 1.82) is 0 Å². The zero-order valence-electron chi connectivity index (χ0n) is 24.2. The molecule has 1 fully saturated rings. The van der Waals surface area contributed by atoms with Crippen molar-refractivity contribution < 1.29 is 19.0 Å². The number of piperidine rings is 1. The molecular formula is C29H36N6O6. The van der Waals surface area contributed by atoms with Gasteiger partial charge in [-0.3, -0.25) is 18.5 Å². The summed E-state index contributed by atoms with van der Waals surface area (Å²) in [6, 6.07) is 5.23. The van der Waals surface area contributed by atoms with E-state index in [1.165, 1.54) is 9.13 Å². The van der Waals surface area contributed by atoms with Crippen LogP contribution in [0.3, 0.4) is 0 Å². The van der Waals surface area contributed by atoms with Gasteiger partial charge >= 0.3 is 11.8 Å². The number of carbonyl (C=O) groups excluding carboxylic acids is 1. The Morgan fingerprint density at radius 1 is 1.17 bits per heavy atom. The smallest absolute Gasteiger partial charge is 0.407 e. The molecule has 4 heterocycles. The Hall–Kier alpha value is -4.40. The van der Waals surface area contributed by atoms with E-state index >= 15 is 0 Å². The molecule has 0 bridgehead atoms. The monoisotopic (exact) mass is 564 g/mol.